The average molecular weight is 411 g/mol. The van der Waals surface area contributed by atoms with E-state index in [2.05, 4.69) is 73.3 Å². The molecule has 1 heterocycles. The Morgan fingerprint density at radius 1 is 1.13 bits per heavy atom. The maximum atomic E-state index is 6.30. The normalized spacial score (nSPS) is 20.4. The van der Waals surface area contributed by atoms with E-state index in [1.807, 2.05) is 49.4 Å². The number of hydrogen-bond acceptors (Lipinski definition) is 3. The van der Waals surface area contributed by atoms with E-state index in [0.717, 1.165) is 34.1 Å². The number of nitrogens with zero attached hydrogens (tertiary/aromatic N) is 1. The van der Waals surface area contributed by atoms with E-state index >= 15 is 0 Å². The van der Waals surface area contributed by atoms with Crippen molar-refractivity contribution in [2.45, 2.75) is 26.0 Å². The third kappa shape index (κ3) is 5.07. The van der Waals surface area contributed by atoms with Crippen molar-refractivity contribution < 1.29 is 4.74 Å². The average Bonchev–Trinajstić information content (AvgIpc) is 2.79. The molecule has 1 N–H and O–H groups in total. The van der Waals surface area contributed by atoms with Crippen LogP contribution in [0.5, 0.6) is 5.75 Å². The molecule has 0 saturated carbocycles. The maximum Gasteiger partial charge on any atom is 0.143 e. The van der Waals surface area contributed by atoms with Gasteiger partial charge in [0.25, 0.3) is 0 Å². The third-order valence-corrected chi connectivity index (χ3v) is 5.08. The second-order valence-electron chi connectivity index (χ2n) is 7.25. The molecule has 31 heavy (non-hydrogen) atoms. The number of rotatable bonds is 8. The molecule has 2 aliphatic rings. The van der Waals surface area contributed by atoms with Crippen LogP contribution in [0.1, 0.15) is 13.8 Å². The lowest BCUT2D eigenvalue weighted by molar-refractivity contribution is 0.228. The van der Waals surface area contributed by atoms with Crippen molar-refractivity contribution in [3.05, 3.63) is 128 Å². The Morgan fingerprint density at radius 3 is 2.68 bits per heavy atom. The highest BCUT2D eigenvalue weighted by Crippen LogP contribution is 2.38. The molecule has 1 aromatic rings. The number of allylic oxidation sites excluding steroid dienone is 12. The molecule has 3 rings (SSSR count). The summed E-state index contributed by atoms with van der Waals surface area (Å²) in [6.07, 6.45) is 23.7. The van der Waals surface area contributed by atoms with Gasteiger partial charge in [0, 0.05) is 17.1 Å². The van der Waals surface area contributed by atoms with Crippen LogP contribution in [-0.2, 0) is 0 Å². The molecule has 2 atom stereocenters. The Morgan fingerprint density at radius 2 is 1.97 bits per heavy atom. The highest BCUT2D eigenvalue weighted by atomic mass is 16.5. The minimum absolute atomic E-state index is 0.0513. The lowest BCUT2D eigenvalue weighted by atomic mass is 9.97. The second-order valence-corrected chi connectivity index (χ2v) is 7.25. The topological polar surface area (TPSA) is 24.5 Å². The molecule has 0 spiro atoms. The van der Waals surface area contributed by atoms with Crippen molar-refractivity contribution in [3.8, 4) is 5.75 Å². The lowest BCUT2D eigenvalue weighted by Crippen LogP contribution is -2.40. The minimum Gasteiger partial charge on any atom is -0.482 e. The molecular formula is C28H30N2O. The minimum atomic E-state index is -0.0513. The molecule has 1 aliphatic heterocycles. The number of fused-ring (bicyclic) bond motifs is 2. The van der Waals surface area contributed by atoms with Crippen molar-refractivity contribution in [2.75, 3.05) is 10.2 Å². The summed E-state index contributed by atoms with van der Waals surface area (Å²) in [4.78, 5) is 2.15. The molecule has 0 radical (unpaired) electrons. The number of anilines is 2. The molecule has 2 unspecified atom stereocenters. The van der Waals surface area contributed by atoms with E-state index in [-0.39, 0.29) is 12.1 Å². The monoisotopic (exact) mass is 410 g/mol. The fourth-order valence-electron chi connectivity index (χ4n) is 3.62. The zero-order valence-electron chi connectivity index (χ0n) is 18.3. The highest BCUT2D eigenvalue weighted by Gasteiger charge is 2.29. The zero-order chi connectivity index (χ0) is 22.2. The Balaban J connectivity index is 1.96. The van der Waals surface area contributed by atoms with Crippen molar-refractivity contribution in [2.24, 2.45) is 0 Å². The van der Waals surface area contributed by atoms with Crippen LogP contribution in [-0.4, -0.2) is 12.1 Å². The molecule has 158 valence electrons. The van der Waals surface area contributed by atoms with Crippen LogP contribution in [0.2, 0.25) is 0 Å². The first-order valence-electron chi connectivity index (χ1n) is 10.4. The molecular weight excluding hydrogens is 380 g/mol. The number of hydrogen-bond donors (Lipinski definition) is 1. The fourth-order valence-corrected chi connectivity index (χ4v) is 3.62. The van der Waals surface area contributed by atoms with E-state index < -0.39 is 0 Å². The number of benzene rings is 1. The molecule has 1 aromatic carbocycles. The second kappa shape index (κ2) is 10.4. The van der Waals surface area contributed by atoms with Gasteiger partial charge in [-0.25, -0.2) is 0 Å². The van der Waals surface area contributed by atoms with Crippen molar-refractivity contribution in [3.63, 3.8) is 0 Å². The summed E-state index contributed by atoms with van der Waals surface area (Å²) >= 11 is 0. The van der Waals surface area contributed by atoms with Gasteiger partial charge in [-0.1, -0.05) is 68.3 Å². The van der Waals surface area contributed by atoms with Gasteiger partial charge in [-0.15, -0.1) is 0 Å². The summed E-state index contributed by atoms with van der Waals surface area (Å²) in [5.74, 6) is 0.839. The van der Waals surface area contributed by atoms with E-state index in [9.17, 15) is 0 Å². The number of nitrogens with one attached hydrogen (secondary N) is 1. The molecule has 0 aromatic heterocycles. The number of ether oxygens (including phenoxy) is 1. The first kappa shape index (κ1) is 22.0. The van der Waals surface area contributed by atoms with Gasteiger partial charge in [-0.05, 0) is 61.9 Å². The van der Waals surface area contributed by atoms with Crippen LogP contribution >= 0.6 is 0 Å². The van der Waals surface area contributed by atoms with Gasteiger partial charge in [-0.3, -0.25) is 0 Å². The summed E-state index contributed by atoms with van der Waals surface area (Å²) in [5, 5.41) is 3.62. The van der Waals surface area contributed by atoms with E-state index in [1.165, 1.54) is 0 Å². The van der Waals surface area contributed by atoms with E-state index in [0.29, 0.717) is 0 Å². The zero-order valence-corrected chi connectivity index (χ0v) is 18.3. The van der Waals surface area contributed by atoms with Gasteiger partial charge in [0.2, 0.25) is 0 Å². The molecule has 0 saturated heterocycles. The summed E-state index contributed by atoms with van der Waals surface area (Å²) in [6, 6.07) is 6.28. The fraction of sp³-hybridized carbons (Fsp3) is 0.143. The summed E-state index contributed by atoms with van der Waals surface area (Å²) in [6.45, 7) is 15.6. The standard InChI is InChI=1S/C28H30N2O/c1-6-10-13-21(5)30(23(9-4)12-8-3)24-16-18-27-26(20-24)29-25-17-15-22(14-11-7-2)19-28(25)31-27/h6-20,25,28-29H,2-4H2,1,5H3/b10-6-,14-11-,21-13+,23-12+. The van der Waals surface area contributed by atoms with Gasteiger partial charge in [0.05, 0.1) is 11.7 Å². The largest absolute Gasteiger partial charge is 0.482 e. The Labute approximate surface area is 186 Å². The predicted molar refractivity (Wildman–Crippen MR) is 134 cm³/mol. The van der Waals surface area contributed by atoms with Gasteiger partial charge < -0.3 is 15.0 Å². The van der Waals surface area contributed by atoms with Crippen molar-refractivity contribution in [1.82, 2.24) is 0 Å². The summed E-state index contributed by atoms with van der Waals surface area (Å²) < 4.78 is 6.30. The van der Waals surface area contributed by atoms with Gasteiger partial charge in [0.1, 0.15) is 11.9 Å². The lowest BCUT2D eigenvalue weighted by Gasteiger charge is -2.35. The summed E-state index contributed by atoms with van der Waals surface area (Å²) in [7, 11) is 0. The highest BCUT2D eigenvalue weighted by molar-refractivity contribution is 5.72. The first-order chi connectivity index (χ1) is 15.1. The molecule has 0 bridgehead atoms. The Bertz CT molecular complexity index is 1030. The third-order valence-electron chi connectivity index (χ3n) is 5.08. The van der Waals surface area contributed by atoms with E-state index in [1.54, 1.807) is 12.2 Å². The Hall–Kier alpha value is -3.72. The smallest absolute Gasteiger partial charge is 0.143 e. The van der Waals surface area contributed by atoms with Crippen LogP contribution in [0.25, 0.3) is 0 Å². The van der Waals surface area contributed by atoms with Crippen molar-refractivity contribution in [1.29, 1.82) is 0 Å². The van der Waals surface area contributed by atoms with Crippen LogP contribution in [0.4, 0.5) is 11.4 Å². The SMILES string of the molecule is C=C/C=C\C1=CC2Oc3ccc(N(/C(C)=C/C=C\C)/C(C=C)=C/C=C)cc3NC2C=C1. The van der Waals surface area contributed by atoms with Gasteiger partial charge >= 0.3 is 0 Å². The van der Waals surface area contributed by atoms with Crippen LogP contribution < -0.4 is 15.0 Å². The van der Waals surface area contributed by atoms with Crippen LogP contribution in [0.15, 0.2) is 128 Å². The molecule has 3 nitrogen and oxygen atoms in total. The summed E-state index contributed by atoms with van der Waals surface area (Å²) in [5.41, 5.74) is 5.11. The maximum absolute atomic E-state index is 6.30. The molecule has 1 aliphatic carbocycles. The van der Waals surface area contributed by atoms with Gasteiger partial charge in [0.15, 0.2) is 0 Å². The molecule has 3 heteroatoms. The van der Waals surface area contributed by atoms with Crippen molar-refractivity contribution >= 4 is 11.4 Å². The van der Waals surface area contributed by atoms with E-state index in [4.69, 9.17) is 4.74 Å². The van der Waals surface area contributed by atoms with Crippen LogP contribution in [0, 0.1) is 0 Å². The Kier molecular flexibility index (Phi) is 7.34. The molecule has 0 amide bonds. The quantitative estimate of drug-likeness (QED) is 0.467. The predicted octanol–water partition coefficient (Wildman–Crippen LogP) is 7.01. The molecule has 0 fully saturated rings. The first-order valence-corrected chi connectivity index (χ1v) is 10.4. The van der Waals surface area contributed by atoms with Gasteiger partial charge in [-0.2, -0.15) is 0 Å². The van der Waals surface area contributed by atoms with Crippen LogP contribution in [0.3, 0.4) is 0 Å².